The third-order valence-corrected chi connectivity index (χ3v) is 7.08. The first-order valence-electron chi connectivity index (χ1n) is 8.71. The van der Waals surface area contributed by atoms with Crippen LogP contribution in [0.15, 0.2) is 0 Å². The minimum absolute atomic E-state index is 0.793. The lowest BCUT2D eigenvalue weighted by molar-refractivity contribution is 0.0354. The van der Waals surface area contributed by atoms with Crippen molar-refractivity contribution in [2.24, 2.45) is 17.8 Å². The molecule has 2 saturated heterocycles. The predicted octanol–water partition coefficient (Wildman–Crippen LogP) is 3.03. The molecule has 2 aliphatic carbocycles. The van der Waals surface area contributed by atoms with Crippen molar-refractivity contribution in [1.82, 2.24) is 10.2 Å². The number of nitrogens with one attached hydrogen (secondary N) is 1. The minimum atomic E-state index is 0.793. The summed E-state index contributed by atoms with van der Waals surface area (Å²) in [5, 5.41) is 3.53. The summed E-state index contributed by atoms with van der Waals surface area (Å²) >= 11 is 0. The average Bonchev–Trinajstić information content (AvgIpc) is 3.11. The van der Waals surface area contributed by atoms with Crippen LogP contribution in [0, 0.1) is 17.8 Å². The Morgan fingerprint density at radius 3 is 2.21 bits per heavy atom. The van der Waals surface area contributed by atoms with Gasteiger partial charge in [0.05, 0.1) is 0 Å². The summed E-state index contributed by atoms with van der Waals surface area (Å²) in [6.45, 7) is 2.57. The zero-order valence-corrected chi connectivity index (χ0v) is 12.6. The van der Waals surface area contributed by atoms with Crippen LogP contribution in [0.1, 0.15) is 58.3 Å². The lowest BCUT2D eigenvalue weighted by Crippen LogP contribution is -2.54. The third-order valence-electron chi connectivity index (χ3n) is 7.08. The first-order valence-corrected chi connectivity index (χ1v) is 8.71. The summed E-state index contributed by atoms with van der Waals surface area (Å²) in [5.74, 6) is 3.22. The topological polar surface area (TPSA) is 15.3 Å². The average molecular weight is 262 g/mol. The molecule has 4 rings (SSSR count). The summed E-state index contributed by atoms with van der Waals surface area (Å²) in [4.78, 5) is 2.97. The van der Waals surface area contributed by atoms with Crippen LogP contribution in [0.5, 0.6) is 0 Å². The molecule has 4 aliphatic rings. The standard InChI is InChI=1S/C17H30N2/c1-11(17-8-12-3-4-13(17)7-12)19-15-5-6-16(19)10-14(9-15)18-2/h11-18H,3-10H2,1-2H3. The van der Waals surface area contributed by atoms with E-state index in [9.17, 15) is 0 Å². The number of fused-ring (bicyclic) bond motifs is 4. The predicted molar refractivity (Wildman–Crippen MR) is 79.1 cm³/mol. The Labute approximate surface area is 118 Å². The first kappa shape index (κ1) is 12.6. The molecule has 2 heteroatoms. The Morgan fingerprint density at radius 2 is 1.68 bits per heavy atom. The first-order chi connectivity index (χ1) is 9.26. The summed E-state index contributed by atoms with van der Waals surface area (Å²) in [5.41, 5.74) is 0. The highest BCUT2D eigenvalue weighted by molar-refractivity contribution is 5.03. The Bertz CT molecular complexity index is 328. The highest BCUT2D eigenvalue weighted by atomic mass is 15.3. The van der Waals surface area contributed by atoms with E-state index >= 15 is 0 Å². The number of rotatable bonds is 3. The van der Waals surface area contributed by atoms with Crippen molar-refractivity contribution in [1.29, 1.82) is 0 Å². The molecule has 1 N–H and O–H groups in total. The van der Waals surface area contributed by atoms with Crippen molar-refractivity contribution >= 4 is 0 Å². The zero-order valence-electron chi connectivity index (χ0n) is 12.6. The summed E-state index contributed by atoms with van der Waals surface area (Å²) < 4.78 is 0. The van der Waals surface area contributed by atoms with E-state index in [1.807, 2.05) is 0 Å². The lowest BCUT2D eigenvalue weighted by Gasteiger charge is -2.46. The van der Waals surface area contributed by atoms with Crippen molar-refractivity contribution in [3.63, 3.8) is 0 Å². The molecule has 2 saturated carbocycles. The van der Waals surface area contributed by atoms with Gasteiger partial charge in [0.2, 0.25) is 0 Å². The molecule has 0 amide bonds. The van der Waals surface area contributed by atoms with E-state index in [2.05, 4.69) is 24.2 Å². The van der Waals surface area contributed by atoms with Crippen LogP contribution in [0.2, 0.25) is 0 Å². The number of hydrogen-bond acceptors (Lipinski definition) is 2. The fourth-order valence-electron chi connectivity index (χ4n) is 6.22. The summed E-state index contributed by atoms with van der Waals surface area (Å²) in [6.07, 6.45) is 11.9. The quantitative estimate of drug-likeness (QED) is 0.841. The molecule has 0 aromatic heterocycles. The van der Waals surface area contributed by atoms with E-state index in [-0.39, 0.29) is 0 Å². The Kier molecular flexibility index (Phi) is 3.15. The summed E-state index contributed by atoms with van der Waals surface area (Å²) in [6, 6.07) is 3.45. The normalized spacial score (nSPS) is 50.8. The molecule has 4 bridgehead atoms. The van der Waals surface area contributed by atoms with Gasteiger partial charge < -0.3 is 5.32 Å². The molecule has 0 spiro atoms. The van der Waals surface area contributed by atoms with Crippen LogP contribution in [-0.4, -0.2) is 36.1 Å². The van der Waals surface area contributed by atoms with Gasteiger partial charge in [-0.15, -0.1) is 0 Å². The maximum Gasteiger partial charge on any atom is 0.0116 e. The van der Waals surface area contributed by atoms with Crippen LogP contribution in [-0.2, 0) is 0 Å². The van der Waals surface area contributed by atoms with Gasteiger partial charge in [0, 0.05) is 24.2 Å². The molecule has 19 heavy (non-hydrogen) atoms. The minimum Gasteiger partial charge on any atom is -0.317 e. The van der Waals surface area contributed by atoms with Crippen molar-refractivity contribution in [2.45, 2.75) is 82.5 Å². The van der Waals surface area contributed by atoms with Crippen LogP contribution >= 0.6 is 0 Å². The fourth-order valence-corrected chi connectivity index (χ4v) is 6.22. The number of hydrogen-bond donors (Lipinski definition) is 1. The fraction of sp³-hybridized carbons (Fsp3) is 1.00. The van der Waals surface area contributed by atoms with Crippen molar-refractivity contribution in [3.8, 4) is 0 Å². The molecule has 108 valence electrons. The maximum atomic E-state index is 3.53. The molecule has 2 heterocycles. The third kappa shape index (κ3) is 1.98. The van der Waals surface area contributed by atoms with Crippen molar-refractivity contribution in [3.05, 3.63) is 0 Å². The SMILES string of the molecule is CNC1CC2CCC(C1)N2C(C)C1CC2CCC1C2. The van der Waals surface area contributed by atoms with E-state index in [1.165, 1.54) is 25.7 Å². The van der Waals surface area contributed by atoms with Crippen molar-refractivity contribution < 1.29 is 0 Å². The van der Waals surface area contributed by atoms with E-state index in [0.29, 0.717) is 0 Å². The highest BCUT2D eigenvalue weighted by Crippen LogP contribution is 2.52. The largest absolute Gasteiger partial charge is 0.317 e. The molecule has 2 nitrogen and oxygen atoms in total. The molecular formula is C17H30N2. The van der Waals surface area contributed by atoms with Crippen LogP contribution in [0.25, 0.3) is 0 Å². The van der Waals surface area contributed by atoms with Gasteiger partial charge in [-0.25, -0.2) is 0 Å². The Hall–Kier alpha value is -0.0800. The second-order valence-corrected chi connectivity index (χ2v) is 7.87. The smallest absolute Gasteiger partial charge is 0.0116 e. The van der Waals surface area contributed by atoms with Gasteiger partial charge in [-0.05, 0) is 76.7 Å². The van der Waals surface area contributed by atoms with Gasteiger partial charge in [0.1, 0.15) is 0 Å². The van der Waals surface area contributed by atoms with Gasteiger partial charge >= 0.3 is 0 Å². The Morgan fingerprint density at radius 1 is 0.947 bits per heavy atom. The highest BCUT2D eigenvalue weighted by Gasteiger charge is 2.48. The van der Waals surface area contributed by atoms with E-state index < -0.39 is 0 Å². The molecule has 4 fully saturated rings. The molecule has 6 atom stereocenters. The molecule has 2 aliphatic heterocycles. The lowest BCUT2D eigenvalue weighted by atomic mass is 9.81. The van der Waals surface area contributed by atoms with E-state index in [4.69, 9.17) is 0 Å². The van der Waals surface area contributed by atoms with E-state index in [0.717, 1.165) is 41.9 Å². The molecular weight excluding hydrogens is 232 g/mol. The van der Waals surface area contributed by atoms with Crippen molar-refractivity contribution in [2.75, 3.05) is 7.05 Å². The summed E-state index contributed by atoms with van der Waals surface area (Å²) in [7, 11) is 2.15. The number of piperidine rings is 1. The molecule has 6 unspecified atom stereocenters. The Balaban J connectivity index is 1.47. The van der Waals surface area contributed by atoms with Gasteiger partial charge in [0.25, 0.3) is 0 Å². The molecule has 0 radical (unpaired) electrons. The van der Waals surface area contributed by atoms with Crippen LogP contribution < -0.4 is 5.32 Å². The molecule has 0 aromatic carbocycles. The molecule has 0 aromatic rings. The maximum absolute atomic E-state index is 3.53. The van der Waals surface area contributed by atoms with Gasteiger partial charge in [-0.3, -0.25) is 4.90 Å². The second kappa shape index (κ2) is 4.73. The monoisotopic (exact) mass is 262 g/mol. The zero-order chi connectivity index (χ0) is 13.0. The van der Waals surface area contributed by atoms with Gasteiger partial charge in [-0.2, -0.15) is 0 Å². The van der Waals surface area contributed by atoms with Gasteiger partial charge in [-0.1, -0.05) is 6.42 Å². The van der Waals surface area contributed by atoms with E-state index in [1.54, 1.807) is 25.7 Å². The van der Waals surface area contributed by atoms with Crippen LogP contribution in [0.3, 0.4) is 0 Å². The van der Waals surface area contributed by atoms with Crippen LogP contribution in [0.4, 0.5) is 0 Å². The van der Waals surface area contributed by atoms with Gasteiger partial charge in [0.15, 0.2) is 0 Å². The number of nitrogens with zero attached hydrogens (tertiary/aromatic N) is 1. The second-order valence-electron chi connectivity index (χ2n) is 7.87.